The van der Waals surface area contributed by atoms with Gasteiger partial charge in [-0.3, -0.25) is 14.4 Å². The molecular formula is C20H29N5O4. The molecule has 1 spiro atoms. The number of aliphatic hydroxyl groups is 1. The number of nitrogens with zero attached hydrogens (tertiary/aromatic N) is 4. The predicted octanol–water partition coefficient (Wildman–Crippen LogP) is 1.02. The standard InChI is InChI=1S/C20H29N5O4/c1-14-22-16(13-28-14)17(26)23-19(2)7-11-29-20(18(19)27)5-9-25(10-6-20)12-15-4-8-21-24(15)3/h4,8,13,18,27H,5-7,9-12H2,1-3H3,(H,23,26)/t18-,19+/m1/s1. The fourth-order valence-electron chi connectivity index (χ4n) is 4.48. The Morgan fingerprint density at radius 2 is 2.14 bits per heavy atom. The van der Waals surface area contributed by atoms with Crippen LogP contribution in [0.5, 0.6) is 0 Å². The van der Waals surface area contributed by atoms with Crippen LogP contribution in [0.3, 0.4) is 0 Å². The van der Waals surface area contributed by atoms with Crippen molar-refractivity contribution in [3.05, 3.63) is 35.8 Å². The van der Waals surface area contributed by atoms with E-state index in [1.54, 1.807) is 13.1 Å². The summed E-state index contributed by atoms with van der Waals surface area (Å²) in [4.78, 5) is 19.0. The Labute approximate surface area is 170 Å². The third-order valence-corrected chi connectivity index (χ3v) is 6.37. The number of likely N-dealkylation sites (tertiary alicyclic amines) is 1. The number of piperidine rings is 1. The van der Waals surface area contributed by atoms with Crippen LogP contribution in [-0.4, -0.2) is 67.6 Å². The van der Waals surface area contributed by atoms with Crippen molar-refractivity contribution in [1.82, 2.24) is 25.0 Å². The van der Waals surface area contributed by atoms with Crippen molar-refractivity contribution < 1.29 is 19.1 Å². The van der Waals surface area contributed by atoms with Gasteiger partial charge in [0.05, 0.1) is 16.8 Å². The highest BCUT2D eigenvalue weighted by Crippen LogP contribution is 2.40. The molecule has 0 saturated carbocycles. The molecule has 0 bridgehead atoms. The summed E-state index contributed by atoms with van der Waals surface area (Å²) < 4.78 is 13.2. The number of carbonyl (C=O) groups excluding carboxylic acids is 1. The molecule has 2 saturated heterocycles. The molecule has 2 N–H and O–H groups in total. The number of oxazole rings is 1. The van der Waals surface area contributed by atoms with Crippen molar-refractivity contribution >= 4 is 5.91 Å². The lowest BCUT2D eigenvalue weighted by Crippen LogP contribution is -2.69. The molecule has 0 aliphatic carbocycles. The number of amides is 1. The third-order valence-electron chi connectivity index (χ3n) is 6.37. The number of hydrogen-bond donors (Lipinski definition) is 2. The van der Waals surface area contributed by atoms with E-state index in [2.05, 4.69) is 20.3 Å². The van der Waals surface area contributed by atoms with Gasteiger partial charge in [0.2, 0.25) is 0 Å². The normalized spacial score (nSPS) is 27.2. The van der Waals surface area contributed by atoms with Crippen molar-refractivity contribution in [2.75, 3.05) is 19.7 Å². The molecule has 158 valence electrons. The summed E-state index contributed by atoms with van der Waals surface area (Å²) >= 11 is 0. The number of aryl methyl sites for hydroxylation is 2. The van der Waals surface area contributed by atoms with Gasteiger partial charge in [-0.25, -0.2) is 4.98 Å². The van der Waals surface area contributed by atoms with E-state index in [-0.39, 0.29) is 11.6 Å². The van der Waals surface area contributed by atoms with E-state index in [4.69, 9.17) is 9.15 Å². The fourth-order valence-corrected chi connectivity index (χ4v) is 4.48. The first kappa shape index (κ1) is 20.1. The SMILES string of the molecule is Cc1nc(C(=O)N[C@@]2(C)CCOC3(CCN(Cc4ccnn4C)CC3)[C@@H]2O)co1. The van der Waals surface area contributed by atoms with Gasteiger partial charge in [0.25, 0.3) is 5.91 Å². The molecular weight excluding hydrogens is 374 g/mol. The highest BCUT2D eigenvalue weighted by atomic mass is 16.5. The molecule has 0 aromatic carbocycles. The number of ether oxygens (including phenoxy) is 1. The van der Waals surface area contributed by atoms with Gasteiger partial charge in [-0.1, -0.05) is 0 Å². The molecule has 4 heterocycles. The van der Waals surface area contributed by atoms with Crippen LogP contribution in [0.25, 0.3) is 0 Å². The van der Waals surface area contributed by atoms with Gasteiger partial charge in [-0.15, -0.1) is 0 Å². The molecule has 2 aromatic heterocycles. The van der Waals surface area contributed by atoms with Gasteiger partial charge in [-0.05, 0) is 32.3 Å². The average Bonchev–Trinajstić information content (AvgIpc) is 3.30. The molecule has 2 atom stereocenters. The molecule has 2 aliphatic heterocycles. The third kappa shape index (κ3) is 3.82. The highest BCUT2D eigenvalue weighted by Gasteiger charge is 2.53. The van der Waals surface area contributed by atoms with Crippen LogP contribution < -0.4 is 5.32 Å². The molecule has 9 heteroatoms. The predicted molar refractivity (Wildman–Crippen MR) is 104 cm³/mol. The fraction of sp³-hybridized carbons (Fsp3) is 0.650. The first-order valence-electron chi connectivity index (χ1n) is 10.1. The van der Waals surface area contributed by atoms with Gasteiger partial charge < -0.3 is 19.6 Å². The van der Waals surface area contributed by atoms with Crippen molar-refractivity contribution in [1.29, 1.82) is 0 Å². The number of aliphatic hydroxyl groups excluding tert-OH is 1. The Morgan fingerprint density at radius 3 is 2.76 bits per heavy atom. The maximum Gasteiger partial charge on any atom is 0.273 e. The van der Waals surface area contributed by atoms with Crippen molar-refractivity contribution in [3.8, 4) is 0 Å². The summed E-state index contributed by atoms with van der Waals surface area (Å²) in [5.74, 6) is 0.0965. The smallest absolute Gasteiger partial charge is 0.273 e. The maximum absolute atomic E-state index is 12.6. The molecule has 4 rings (SSSR count). The van der Waals surface area contributed by atoms with Crippen LogP contribution in [0.15, 0.2) is 22.9 Å². The zero-order valence-electron chi connectivity index (χ0n) is 17.2. The number of aromatic nitrogens is 3. The van der Waals surface area contributed by atoms with Crippen LogP contribution in [-0.2, 0) is 18.3 Å². The molecule has 2 fully saturated rings. The van der Waals surface area contributed by atoms with E-state index >= 15 is 0 Å². The molecule has 29 heavy (non-hydrogen) atoms. The van der Waals surface area contributed by atoms with Gasteiger partial charge in [0, 0.05) is 46.4 Å². The van der Waals surface area contributed by atoms with E-state index in [0.717, 1.165) is 25.3 Å². The van der Waals surface area contributed by atoms with Gasteiger partial charge >= 0.3 is 0 Å². The summed E-state index contributed by atoms with van der Waals surface area (Å²) in [5, 5.41) is 18.5. The van der Waals surface area contributed by atoms with Gasteiger partial charge in [-0.2, -0.15) is 5.10 Å². The number of rotatable bonds is 4. The lowest BCUT2D eigenvalue weighted by Gasteiger charge is -2.53. The van der Waals surface area contributed by atoms with E-state index < -0.39 is 17.2 Å². The van der Waals surface area contributed by atoms with Gasteiger partial charge in [0.1, 0.15) is 12.4 Å². The van der Waals surface area contributed by atoms with Crippen molar-refractivity contribution in [2.45, 2.75) is 56.9 Å². The Kier molecular flexibility index (Phi) is 5.22. The first-order chi connectivity index (χ1) is 13.8. The van der Waals surface area contributed by atoms with Crippen molar-refractivity contribution in [3.63, 3.8) is 0 Å². The zero-order valence-corrected chi connectivity index (χ0v) is 17.2. The Bertz CT molecular complexity index is 870. The average molecular weight is 403 g/mol. The van der Waals surface area contributed by atoms with E-state index in [9.17, 15) is 9.90 Å². The number of hydrogen-bond acceptors (Lipinski definition) is 7. The maximum atomic E-state index is 12.6. The van der Waals surface area contributed by atoms with E-state index in [1.165, 1.54) is 6.26 Å². The Balaban J connectivity index is 1.42. The van der Waals surface area contributed by atoms with Crippen molar-refractivity contribution in [2.24, 2.45) is 7.05 Å². The van der Waals surface area contributed by atoms with E-state index in [0.29, 0.717) is 31.8 Å². The molecule has 1 amide bonds. The summed E-state index contributed by atoms with van der Waals surface area (Å²) in [5.41, 5.74) is -0.0522. The Morgan fingerprint density at radius 1 is 1.38 bits per heavy atom. The van der Waals surface area contributed by atoms with Gasteiger partial charge in [0.15, 0.2) is 11.6 Å². The lowest BCUT2D eigenvalue weighted by atomic mass is 9.73. The minimum Gasteiger partial charge on any atom is -0.448 e. The highest BCUT2D eigenvalue weighted by molar-refractivity contribution is 5.92. The van der Waals surface area contributed by atoms with Crippen LogP contribution in [0.1, 0.15) is 48.3 Å². The molecule has 0 radical (unpaired) electrons. The molecule has 2 aromatic rings. The number of carbonyl (C=O) groups is 1. The second-order valence-corrected chi connectivity index (χ2v) is 8.41. The molecule has 9 nitrogen and oxygen atoms in total. The summed E-state index contributed by atoms with van der Waals surface area (Å²) in [6, 6.07) is 2.02. The summed E-state index contributed by atoms with van der Waals surface area (Å²) in [6.07, 6.45) is 4.30. The monoisotopic (exact) mass is 403 g/mol. The summed E-state index contributed by atoms with van der Waals surface area (Å²) in [6.45, 7) is 6.52. The second kappa shape index (κ2) is 7.55. The minimum absolute atomic E-state index is 0.225. The molecule has 2 aliphatic rings. The number of nitrogens with one attached hydrogen (secondary N) is 1. The zero-order chi connectivity index (χ0) is 20.6. The molecule has 0 unspecified atom stereocenters. The topological polar surface area (TPSA) is 106 Å². The second-order valence-electron chi connectivity index (χ2n) is 8.41. The quantitative estimate of drug-likeness (QED) is 0.785. The first-order valence-corrected chi connectivity index (χ1v) is 10.1. The van der Waals surface area contributed by atoms with Crippen LogP contribution in [0, 0.1) is 6.92 Å². The largest absolute Gasteiger partial charge is 0.448 e. The van der Waals surface area contributed by atoms with Crippen LogP contribution >= 0.6 is 0 Å². The summed E-state index contributed by atoms with van der Waals surface area (Å²) in [7, 11) is 1.94. The van der Waals surface area contributed by atoms with Crippen LogP contribution in [0.4, 0.5) is 0 Å². The minimum atomic E-state index is -0.806. The van der Waals surface area contributed by atoms with E-state index in [1.807, 2.05) is 24.7 Å². The van der Waals surface area contributed by atoms with Crippen LogP contribution in [0.2, 0.25) is 0 Å². The Hall–Kier alpha value is -2.23. The lowest BCUT2D eigenvalue weighted by molar-refractivity contribution is -0.206.